The molecule has 3 heterocycles. The topological polar surface area (TPSA) is 58.3 Å². The second-order valence-electron chi connectivity index (χ2n) is 7.01. The van der Waals surface area contributed by atoms with Gasteiger partial charge in [-0.05, 0) is 37.8 Å². The van der Waals surface area contributed by atoms with Crippen molar-refractivity contribution in [2.45, 2.75) is 52.0 Å². The third kappa shape index (κ3) is 4.44. The number of rotatable bonds is 4. The van der Waals surface area contributed by atoms with E-state index in [1.165, 1.54) is 30.5 Å². The number of hydrogen-bond acceptors (Lipinski definition) is 3. The first-order chi connectivity index (χ1) is 12.9. The van der Waals surface area contributed by atoms with Gasteiger partial charge in [-0.2, -0.15) is 0 Å². The van der Waals surface area contributed by atoms with Crippen molar-refractivity contribution in [3.63, 3.8) is 0 Å². The summed E-state index contributed by atoms with van der Waals surface area (Å²) in [6, 6.07) is 8.62. The molecule has 4 rings (SSSR count). The summed E-state index contributed by atoms with van der Waals surface area (Å²) in [5, 5.41) is 12.3. The van der Waals surface area contributed by atoms with E-state index >= 15 is 0 Å². The van der Waals surface area contributed by atoms with Crippen molar-refractivity contribution in [2.75, 3.05) is 24.5 Å². The highest BCUT2D eigenvalue weighted by molar-refractivity contribution is 14.0. The molecular weight excluding hydrogens is 451 g/mol. The number of nitrogens with one attached hydrogen (secondary N) is 1. The first kappa shape index (κ1) is 20.1. The Kier molecular flexibility index (Phi) is 7.09. The van der Waals surface area contributed by atoms with Crippen LogP contribution < -0.4 is 10.2 Å². The van der Waals surface area contributed by atoms with E-state index in [4.69, 9.17) is 4.99 Å². The molecule has 2 aromatic rings. The molecule has 0 aliphatic carbocycles. The predicted molar refractivity (Wildman–Crippen MR) is 120 cm³/mol. The lowest BCUT2D eigenvalue weighted by atomic mass is 10.2. The van der Waals surface area contributed by atoms with Gasteiger partial charge in [0, 0.05) is 44.7 Å². The lowest BCUT2D eigenvalue weighted by Crippen LogP contribution is -2.40. The number of anilines is 1. The van der Waals surface area contributed by atoms with E-state index in [0.29, 0.717) is 0 Å². The highest BCUT2D eigenvalue weighted by Crippen LogP contribution is 2.27. The zero-order chi connectivity index (χ0) is 17.8. The first-order valence-corrected chi connectivity index (χ1v) is 9.91. The summed E-state index contributed by atoms with van der Waals surface area (Å²) in [5.74, 6) is 3.22. The molecule has 1 aromatic heterocycles. The SMILES string of the molecule is CCNC(=NCCc1nnc2n1CCCCC2)N1CCc2ccccc21.I. The summed E-state index contributed by atoms with van der Waals surface area (Å²) >= 11 is 0. The summed E-state index contributed by atoms with van der Waals surface area (Å²) in [4.78, 5) is 7.20. The van der Waals surface area contributed by atoms with E-state index < -0.39 is 0 Å². The number of fused-ring (bicyclic) bond motifs is 2. The Labute approximate surface area is 178 Å². The number of guanidine groups is 1. The van der Waals surface area contributed by atoms with Crippen LogP contribution in [0.4, 0.5) is 5.69 Å². The number of para-hydroxylation sites is 1. The van der Waals surface area contributed by atoms with E-state index in [2.05, 4.69) is 56.2 Å². The minimum Gasteiger partial charge on any atom is -0.356 e. The molecule has 27 heavy (non-hydrogen) atoms. The zero-order valence-corrected chi connectivity index (χ0v) is 18.4. The van der Waals surface area contributed by atoms with E-state index in [9.17, 15) is 0 Å². The third-order valence-electron chi connectivity index (χ3n) is 5.26. The Morgan fingerprint density at radius 2 is 2.00 bits per heavy atom. The Morgan fingerprint density at radius 1 is 1.11 bits per heavy atom. The van der Waals surface area contributed by atoms with Crippen LogP contribution in [0.5, 0.6) is 0 Å². The Balaban J connectivity index is 0.00000210. The quantitative estimate of drug-likeness (QED) is 0.415. The Hall–Kier alpha value is -1.64. The van der Waals surface area contributed by atoms with Crippen molar-refractivity contribution >= 4 is 35.6 Å². The molecule has 1 N–H and O–H groups in total. The average Bonchev–Trinajstić information content (AvgIpc) is 3.18. The van der Waals surface area contributed by atoms with E-state index in [1.807, 2.05) is 0 Å². The normalized spacial score (nSPS) is 16.3. The van der Waals surface area contributed by atoms with Crippen LogP contribution in [0.15, 0.2) is 29.3 Å². The fraction of sp³-hybridized carbons (Fsp3) is 0.550. The second-order valence-corrected chi connectivity index (χ2v) is 7.01. The summed E-state index contributed by atoms with van der Waals surface area (Å²) in [7, 11) is 0. The van der Waals surface area contributed by atoms with Crippen LogP contribution in [0.2, 0.25) is 0 Å². The third-order valence-corrected chi connectivity index (χ3v) is 5.26. The molecular formula is C20H29IN6. The average molecular weight is 480 g/mol. The molecule has 0 amide bonds. The van der Waals surface area contributed by atoms with Crippen molar-refractivity contribution in [3.8, 4) is 0 Å². The number of aromatic nitrogens is 3. The molecule has 0 unspecified atom stereocenters. The zero-order valence-electron chi connectivity index (χ0n) is 16.0. The van der Waals surface area contributed by atoms with Crippen molar-refractivity contribution in [1.82, 2.24) is 20.1 Å². The predicted octanol–water partition coefficient (Wildman–Crippen LogP) is 3.19. The van der Waals surface area contributed by atoms with Gasteiger partial charge < -0.3 is 14.8 Å². The van der Waals surface area contributed by atoms with Crippen LogP contribution in [0.1, 0.15) is 43.4 Å². The van der Waals surface area contributed by atoms with Gasteiger partial charge in [0.1, 0.15) is 11.6 Å². The molecule has 1 aromatic carbocycles. The van der Waals surface area contributed by atoms with Crippen LogP contribution in [-0.4, -0.2) is 40.4 Å². The monoisotopic (exact) mass is 480 g/mol. The van der Waals surface area contributed by atoms with Gasteiger partial charge >= 0.3 is 0 Å². The molecule has 2 aliphatic rings. The number of benzene rings is 1. The lowest BCUT2D eigenvalue weighted by molar-refractivity contribution is 0.604. The maximum absolute atomic E-state index is 4.89. The lowest BCUT2D eigenvalue weighted by Gasteiger charge is -2.22. The molecule has 0 fully saturated rings. The highest BCUT2D eigenvalue weighted by Gasteiger charge is 2.22. The van der Waals surface area contributed by atoms with Gasteiger partial charge in [-0.3, -0.25) is 4.99 Å². The molecule has 146 valence electrons. The number of aliphatic imine (C=N–C) groups is 1. The molecule has 0 spiro atoms. The number of nitrogens with zero attached hydrogens (tertiary/aromatic N) is 5. The molecule has 0 saturated carbocycles. The van der Waals surface area contributed by atoms with Gasteiger partial charge in [0.25, 0.3) is 0 Å². The van der Waals surface area contributed by atoms with Crippen LogP contribution >= 0.6 is 24.0 Å². The summed E-state index contributed by atoms with van der Waals surface area (Å²) in [5.41, 5.74) is 2.68. The number of hydrogen-bond donors (Lipinski definition) is 1. The van der Waals surface area contributed by atoms with Crippen molar-refractivity contribution in [1.29, 1.82) is 0 Å². The summed E-state index contributed by atoms with van der Waals surface area (Å²) in [6.45, 7) is 5.78. The van der Waals surface area contributed by atoms with Gasteiger partial charge in [-0.1, -0.05) is 24.6 Å². The fourth-order valence-corrected chi connectivity index (χ4v) is 3.95. The van der Waals surface area contributed by atoms with Crippen LogP contribution in [0, 0.1) is 0 Å². The molecule has 0 radical (unpaired) electrons. The minimum atomic E-state index is 0. The van der Waals surface area contributed by atoms with Gasteiger partial charge in [-0.15, -0.1) is 34.2 Å². The standard InChI is InChI=1S/C20H28N6.HI/c1-2-21-20(25-15-12-16-8-5-6-9-17(16)25)22-13-11-19-24-23-18-10-4-3-7-14-26(18)19;/h5-6,8-9H,2-4,7,10-15H2,1H3,(H,21,22);1H. The summed E-state index contributed by atoms with van der Waals surface area (Å²) in [6.07, 6.45) is 6.74. The molecule has 0 bridgehead atoms. The largest absolute Gasteiger partial charge is 0.356 e. The van der Waals surface area contributed by atoms with Crippen LogP contribution in [0.25, 0.3) is 0 Å². The second kappa shape index (κ2) is 9.52. The Bertz CT molecular complexity index is 785. The first-order valence-electron chi connectivity index (χ1n) is 9.91. The van der Waals surface area contributed by atoms with Crippen LogP contribution in [0.3, 0.4) is 0 Å². The molecule has 7 heteroatoms. The van der Waals surface area contributed by atoms with E-state index in [-0.39, 0.29) is 24.0 Å². The summed E-state index contributed by atoms with van der Waals surface area (Å²) < 4.78 is 2.32. The van der Waals surface area contributed by atoms with Crippen LogP contribution in [-0.2, 0) is 25.8 Å². The molecule has 6 nitrogen and oxygen atoms in total. The van der Waals surface area contributed by atoms with E-state index in [1.54, 1.807) is 0 Å². The van der Waals surface area contributed by atoms with E-state index in [0.717, 1.165) is 63.0 Å². The van der Waals surface area contributed by atoms with Gasteiger partial charge in [0.05, 0.1) is 0 Å². The smallest absolute Gasteiger partial charge is 0.198 e. The van der Waals surface area contributed by atoms with Gasteiger partial charge in [0.2, 0.25) is 0 Å². The maximum atomic E-state index is 4.89. The number of aryl methyl sites for hydroxylation is 1. The van der Waals surface area contributed by atoms with Crippen molar-refractivity contribution < 1.29 is 0 Å². The number of halogens is 1. The highest BCUT2D eigenvalue weighted by atomic mass is 127. The van der Waals surface area contributed by atoms with Gasteiger partial charge in [-0.25, -0.2) is 0 Å². The van der Waals surface area contributed by atoms with Crippen molar-refractivity contribution in [2.24, 2.45) is 4.99 Å². The van der Waals surface area contributed by atoms with Gasteiger partial charge in [0.15, 0.2) is 5.96 Å². The maximum Gasteiger partial charge on any atom is 0.198 e. The molecule has 0 saturated heterocycles. The molecule has 2 aliphatic heterocycles. The molecule has 0 atom stereocenters. The fourth-order valence-electron chi connectivity index (χ4n) is 3.95. The van der Waals surface area contributed by atoms with Crippen molar-refractivity contribution in [3.05, 3.63) is 41.5 Å². The Morgan fingerprint density at radius 3 is 2.89 bits per heavy atom. The minimum absolute atomic E-state index is 0.